The van der Waals surface area contributed by atoms with E-state index in [0.717, 1.165) is 16.7 Å². The summed E-state index contributed by atoms with van der Waals surface area (Å²) in [6.45, 7) is 1.54. The van der Waals surface area contributed by atoms with Crippen LogP contribution in [-0.2, 0) is 11.3 Å². The summed E-state index contributed by atoms with van der Waals surface area (Å²) in [5.41, 5.74) is 4.99. The maximum Gasteiger partial charge on any atom is 0.323 e. The molecular weight excluding hydrogens is 422 g/mol. The summed E-state index contributed by atoms with van der Waals surface area (Å²) in [6.07, 6.45) is 3.17. The Kier molecular flexibility index (Phi) is 6.43. The molecule has 0 radical (unpaired) electrons. The number of carbonyl (C=O) groups excluding carboxylic acids is 1. The summed E-state index contributed by atoms with van der Waals surface area (Å²) in [7, 11) is 0. The van der Waals surface area contributed by atoms with E-state index in [1.165, 1.54) is 6.33 Å². The number of rotatable bonds is 8. The van der Waals surface area contributed by atoms with Crippen molar-refractivity contribution in [2.75, 3.05) is 11.9 Å². The lowest BCUT2D eigenvalue weighted by Crippen LogP contribution is -2.39. The van der Waals surface area contributed by atoms with Gasteiger partial charge in [-0.3, -0.25) is 19.3 Å². The number of nitrogens with one attached hydrogen (secondary N) is 2. The maximum absolute atomic E-state index is 13.2. The fourth-order valence-corrected chi connectivity index (χ4v) is 3.62. The van der Waals surface area contributed by atoms with Crippen LogP contribution in [-0.4, -0.2) is 49.3 Å². The molecule has 0 bridgehead atoms. The maximum atomic E-state index is 13.2. The quantitative estimate of drug-likeness (QED) is 0.328. The number of aliphatic carboxylic acids is 1. The molecule has 33 heavy (non-hydrogen) atoms. The fraction of sp³-hybridized carbons (Fsp3) is 0.167. The number of aromatic nitrogens is 3. The molecule has 1 amide bonds. The number of carboxylic acid groups (broad SMARTS) is 1. The fourth-order valence-electron chi connectivity index (χ4n) is 3.62. The van der Waals surface area contributed by atoms with Crippen molar-refractivity contribution >= 4 is 23.2 Å². The highest BCUT2D eigenvalue weighted by atomic mass is 16.4. The second-order valence-corrected chi connectivity index (χ2v) is 7.58. The molecule has 1 atom stereocenters. The number of carboxylic acids is 1. The van der Waals surface area contributed by atoms with Crippen molar-refractivity contribution in [3.05, 3.63) is 83.8 Å². The van der Waals surface area contributed by atoms with Gasteiger partial charge >= 0.3 is 5.97 Å². The first kappa shape index (κ1) is 22.1. The van der Waals surface area contributed by atoms with E-state index in [0.29, 0.717) is 22.5 Å². The van der Waals surface area contributed by atoms with Crippen molar-refractivity contribution in [3.8, 4) is 11.1 Å². The molecule has 4 aromatic rings. The van der Waals surface area contributed by atoms with E-state index in [-0.39, 0.29) is 12.5 Å². The second-order valence-electron chi connectivity index (χ2n) is 7.58. The number of nitrogens with zero attached hydrogens (tertiary/aromatic N) is 3. The Bertz CT molecular complexity index is 1300. The zero-order valence-corrected chi connectivity index (χ0v) is 17.9. The largest absolute Gasteiger partial charge is 0.480 e. The van der Waals surface area contributed by atoms with Crippen LogP contribution in [0.15, 0.2) is 67.1 Å². The SMILES string of the molecule is Cc1c(NC(=O)c2cc(CN[C@H](CO)C(=O)O)cn3cnnc23)cccc1-c1ccccc1. The number of hydrogen-bond donors (Lipinski definition) is 4. The molecule has 2 aromatic heterocycles. The van der Waals surface area contributed by atoms with Crippen LogP contribution in [0, 0.1) is 6.92 Å². The minimum absolute atomic E-state index is 0.133. The Hall–Kier alpha value is -4.08. The number of hydrogen-bond acceptors (Lipinski definition) is 6. The summed E-state index contributed by atoms with van der Waals surface area (Å²) < 4.78 is 1.61. The molecule has 0 unspecified atom stereocenters. The summed E-state index contributed by atoms with van der Waals surface area (Å²) in [4.78, 5) is 24.4. The number of anilines is 1. The van der Waals surface area contributed by atoms with Crippen molar-refractivity contribution in [1.29, 1.82) is 0 Å². The van der Waals surface area contributed by atoms with Crippen LogP contribution in [0.25, 0.3) is 16.8 Å². The van der Waals surface area contributed by atoms with Crippen LogP contribution in [0.2, 0.25) is 0 Å². The van der Waals surface area contributed by atoms with Gasteiger partial charge in [-0.15, -0.1) is 10.2 Å². The highest BCUT2D eigenvalue weighted by Gasteiger charge is 2.18. The van der Waals surface area contributed by atoms with E-state index in [1.54, 1.807) is 16.7 Å². The van der Waals surface area contributed by atoms with Crippen LogP contribution < -0.4 is 10.6 Å². The number of aliphatic hydroxyl groups is 1. The minimum atomic E-state index is -1.16. The van der Waals surface area contributed by atoms with Crippen LogP contribution >= 0.6 is 0 Å². The minimum Gasteiger partial charge on any atom is -0.480 e. The van der Waals surface area contributed by atoms with Crippen LogP contribution in [0.3, 0.4) is 0 Å². The van der Waals surface area contributed by atoms with Gasteiger partial charge in [0.15, 0.2) is 5.65 Å². The standard InChI is InChI=1S/C24H23N5O4/c1-15-18(17-6-3-2-4-7-17)8-5-9-20(15)27-23(31)19-10-16(11-25-21(13-30)24(32)33)12-29-14-26-28-22(19)29/h2-10,12,14,21,25,30H,11,13H2,1H3,(H,27,31)(H,32,33)/t21-/m1/s1. The molecule has 2 aromatic carbocycles. The molecule has 4 N–H and O–H groups in total. The van der Waals surface area contributed by atoms with Gasteiger partial charge in [-0.2, -0.15) is 0 Å². The summed E-state index contributed by atoms with van der Waals surface area (Å²) >= 11 is 0. The number of carbonyl (C=O) groups is 2. The van der Waals surface area contributed by atoms with Crippen molar-refractivity contribution in [1.82, 2.24) is 19.9 Å². The molecule has 0 spiro atoms. The highest BCUT2D eigenvalue weighted by molar-refractivity contribution is 6.09. The van der Waals surface area contributed by atoms with Gasteiger partial charge in [-0.25, -0.2) is 0 Å². The van der Waals surface area contributed by atoms with E-state index in [4.69, 9.17) is 5.11 Å². The Morgan fingerprint density at radius 2 is 1.91 bits per heavy atom. The Morgan fingerprint density at radius 3 is 2.64 bits per heavy atom. The van der Waals surface area contributed by atoms with Gasteiger partial charge in [0, 0.05) is 18.4 Å². The third kappa shape index (κ3) is 4.74. The van der Waals surface area contributed by atoms with Gasteiger partial charge in [0.1, 0.15) is 12.4 Å². The van der Waals surface area contributed by atoms with E-state index in [1.807, 2.05) is 55.5 Å². The van der Waals surface area contributed by atoms with Gasteiger partial charge in [-0.1, -0.05) is 42.5 Å². The van der Waals surface area contributed by atoms with Gasteiger partial charge in [0.05, 0.1) is 12.2 Å². The van der Waals surface area contributed by atoms with Crippen molar-refractivity contribution < 1.29 is 19.8 Å². The number of amides is 1. The van der Waals surface area contributed by atoms with Gasteiger partial charge in [-0.05, 0) is 41.3 Å². The van der Waals surface area contributed by atoms with Crippen LogP contribution in [0.5, 0.6) is 0 Å². The average molecular weight is 445 g/mol. The summed E-state index contributed by atoms with van der Waals surface area (Å²) in [6, 6.07) is 16.2. The van der Waals surface area contributed by atoms with Crippen molar-refractivity contribution in [2.24, 2.45) is 0 Å². The van der Waals surface area contributed by atoms with E-state index >= 15 is 0 Å². The first-order valence-electron chi connectivity index (χ1n) is 10.3. The number of aliphatic hydroxyl groups excluding tert-OH is 1. The second kappa shape index (κ2) is 9.60. The van der Waals surface area contributed by atoms with Crippen molar-refractivity contribution in [3.63, 3.8) is 0 Å². The van der Waals surface area contributed by atoms with Gasteiger partial charge < -0.3 is 15.5 Å². The molecule has 2 heterocycles. The molecule has 0 aliphatic heterocycles. The number of benzene rings is 2. The molecule has 0 saturated heterocycles. The zero-order valence-electron chi connectivity index (χ0n) is 17.9. The van der Waals surface area contributed by atoms with Crippen LogP contribution in [0.1, 0.15) is 21.5 Å². The van der Waals surface area contributed by atoms with Crippen LogP contribution in [0.4, 0.5) is 5.69 Å². The average Bonchev–Trinajstić information content (AvgIpc) is 3.29. The predicted molar refractivity (Wildman–Crippen MR) is 123 cm³/mol. The lowest BCUT2D eigenvalue weighted by molar-refractivity contribution is -0.140. The molecule has 168 valence electrons. The summed E-state index contributed by atoms with van der Waals surface area (Å²) in [5, 5.41) is 32.0. The molecule has 0 aliphatic rings. The third-order valence-electron chi connectivity index (χ3n) is 5.39. The zero-order chi connectivity index (χ0) is 23.4. The molecular formula is C24H23N5O4. The smallest absolute Gasteiger partial charge is 0.323 e. The van der Waals surface area contributed by atoms with E-state index in [9.17, 15) is 14.7 Å². The van der Waals surface area contributed by atoms with Crippen molar-refractivity contribution in [2.45, 2.75) is 19.5 Å². The normalized spacial score (nSPS) is 11.9. The monoisotopic (exact) mass is 445 g/mol. The van der Waals surface area contributed by atoms with E-state index < -0.39 is 18.6 Å². The third-order valence-corrected chi connectivity index (χ3v) is 5.39. The molecule has 4 rings (SSSR count). The first-order chi connectivity index (χ1) is 16.0. The van der Waals surface area contributed by atoms with Gasteiger partial charge in [0.2, 0.25) is 0 Å². The number of pyridine rings is 1. The molecule has 0 fully saturated rings. The number of fused-ring (bicyclic) bond motifs is 1. The Morgan fingerprint density at radius 1 is 1.12 bits per heavy atom. The topological polar surface area (TPSA) is 129 Å². The Balaban J connectivity index is 1.62. The summed E-state index contributed by atoms with van der Waals surface area (Å²) in [5.74, 6) is -1.52. The predicted octanol–water partition coefficient (Wildman–Crippen LogP) is 2.49. The van der Waals surface area contributed by atoms with E-state index in [2.05, 4.69) is 20.8 Å². The highest BCUT2D eigenvalue weighted by Crippen LogP contribution is 2.29. The lowest BCUT2D eigenvalue weighted by atomic mass is 9.99. The molecule has 9 nitrogen and oxygen atoms in total. The van der Waals surface area contributed by atoms with Gasteiger partial charge in [0.25, 0.3) is 5.91 Å². The molecule has 0 aliphatic carbocycles. The molecule has 9 heteroatoms. The Labute approximate surface area is 189 Å². The lowest BCUT2D eigenvalue weighted by Gasteiger charge is -2.15. The molecule has 0 saturated carbocycles. The first-order valence-corrected chi connectivity index (χ1v) is 10.3.